The smallest absolute Gasteiger partial charge is 0.0931 e. The zero-order valence-corrected chi connectivity index (χ0v) is 6.49. The van der Waals surface area contributed by atoms with Crippen molar-refractivity contribution in [3.8, 4) is 6.07 Å². The van der Waals surface area contributed by atoms with Gasteiger partial charge >= 0.3 is 0 Å². The fourth-order valence-corrected chi connectivity index (χ4v) is 1.29. The van der Waals surface area contributed by atoms with Crippen molar-refractivity contribution in [1.29, 1.82) is 5.26 Å². The standard InChI is InChI=1S/C8H13NO2/c9-5-4-7(10)8-3-1-2-6-11-8/h7-8,10H,1-4,6H2. The Hall–Kier alpha value is -0.590. The molecule has 0 saturated carbocycles. The zero-order chi connectivity index (χ0) is 8.10. The van der Waals surface area contributed by atoms with E-state index in [9.17, 15) is 5.11 Å². The molecule has 1 rings (SSSR count). The molecular formula is C8H13NO2. The number of ether oxygens (including phenoxy) is 1. The van der Waals surface area contributed by atoms with E-state index in [1.165, 1.54) is 0 Å². The maximum absolute atomic E-state index is 9.33. The Morgan fingerprint density at radius 2 is 2.45 bits per heavy atom. The molecule has 0 amide bonds. The Morgan fingerprint density at radius 1 is 1.64 bits per heavy atom. The van der Waals surface area contributed by atoms with Gasteiger partial charge in [0.05, 0.1) is 24.7 Å². The first-order chi connectivity index (χ1) is 5.34. The van der Waals surface area contributed by atoms with Crippen molar-refractivity contribution in [3.63, 3.8) is 0 Å². The first kappa shape index (κ1) is 8.51. The molecule has 0 aliphatic carbocycles. The van der Waals surface area contributed by atoms with Gasteiger partial charge in [0.2, 0.25) is 0 Å². The van der Waals surface area contributed by atoms with Gasteiger partial charge in [-0.25, -0.2) is 0 Å². The first-order valence-electron chi connectivity index (χ1n) is 4.01. The summed E-state index contributed by atoms with van der Waals surface area (Å²) in [7, 11) is 0. The monoisotopic (exact) mass is 155 g/mol. The van der Waals surface area contributed by atoms with Crippen LogP contribution in [0.25, 0.3) is 0 Å². The van der Waals surface area contributed by atoms with Crippen LogP contribution in [-0.4, -0.2) is 23.9 Å². The van der Waals surface area contributed by atoms with E-state index in [4.69, 9.17) is 10.00 Å². The molecule has 3 nitrogen and oxygen atoms in total. The van der Waals surface area contributed by atoms with Crippen molar-refractivity contribution in [3.05, 3.63) is 0 Å². The molecule has 1 aliphatic heterocycles. The van der Waals surface area contributed by atoms with Crippen LogP contribution in [0.2, 0.25) is 0 Å². The van der Waals surface area contributed by atoms with Gasteiger partial charge in [0.1, 0.15) is 0 Å². The van der Waals surface area contributed by atoms with E-state index in [0.29, 0.717) is 0 Å². The predicted molar refractivity (Wildman–Crippen MR) is 39.8 cm³/mol. The van der Waals surface area contributed by atoms with Crippen LogP contribution in [0, 0.1) is 11.3 Å². The Bertz CT molecular complexity index is 147. The molecule has 0 aromatic rings. The molecule has 0 aromatic carbocycles. The number of aliphatic hydroxyl groups is 1. The summed E-state index contributed by atoms with van der Waals surface area (Å²) in [4.78, 5) is 0. The Balaban J connectivity index is 2.27. The zero-order valence-electron chi connectivity index (χ0n) is 6.49. The van der Waals surface area contributed by atoms with E-state index in [2.05, 4.69) is 0 Å². The third-order valence-electron chi connectivity index (χ3n) is 1.94. The molecule has 1 heterocycles. The highest BCUT2D eigenvalue weighted by atomic mass is 16.5. The quantitative estimate of drug-likeness (QED) is 0.642. The average molecular weight is 155 g/mol. The molecule has 1 saturated heterocycles. The second kappa shape index (κ2) is 4.32. The molecule has 0 radical (unpaired) electrons. The molecule has 1 N–H and O–H groups in total. The van der Waals surface area contributed by atoms with Gasteiger partial charge in [-0.1, -0.05) is 0 Å². The van der Waals surface area contributed by atoms with Crippen LogP contribution in [0.3, 0.4) is 0 Å². The third-order valence-corrected chi connectivity index (χ3v) is 1.94. The number of rotatable bonds is 2. The van der Waals surface area contributed by atoms with Gasteiger partial charge in [0.15, 0.2) is 0 Å². The van der Waals surface area contributed by atoms with E-state index in [0.717, 1.165) is 25.9 Å². The topological polar surface area (TPSA) is 53.2 Å². The van der Waals surface area contributed by atoms with Gasteiger partial charge in [0.25, 0.3) is 0 Å². The third kappa shape index (κ3) is 2.49. The molecule has 2 unspecified atom stereocenters. The van der Waals surface area contributed by atoms with E-state index < -0.39 is 6.10 Å². The molecule has 0 bridgehead atoms. The molecule has 62 valence electrons. The minimum atomic E-state index is -0.583. The lowest BCUT2D eigenvalue weighted by atomic mass is 10.0. The van der Waals surface area contributed by atoms with Gasteiger partial charge in [-0.05, 0) is 19.3 Å². The second-order valence-corrected chi connectivity index (χ2v) is 2.83. The summed E-state index contributed by atoms with van der Waals surface area (Å²) < 4.78 is 5.29. The Kier molecular flexibility index (Phi) is 3.34. The largest absolute Gasteiger partial charge is 0.389 e. The maximum Gasteiger partial charge on any atom is 0.0931 e. The SMILES string of the molecule is N#CCC(O)C1CCCCO1. The van der Waals surface area contributed by atoms with Crippen molar-refractivity contribution in [2.75, 3.05) is 6.61 Å². The summed E-state index contributed by atoms with van der Waals surface area (Å²) in [5, 5.41) is 17.6. The molecule has 11 heavy (non-hydrogen) atoms. The van der Waals surface area contributed by atoms with Gasteiger partial charge in [-0.3, -0.25) is 0 Å². The summed E-state index contributed by atoms with van der Waals surface area (Å²) in [6, 6.07) is 1.93. The first-order valence-corrected chi connectivity index (χ1v) is 4.01. The summed E-state index contributed by atoms with van der Waals surface area (Å²) in [5.74, 6) is 0. The predicted octanol–water partition coefficient (Wildman–Crippen LogP) is 0.830. The molecule has 1 aliphatic rings. The van der Waals surface area contributed by atoms with Crippen LogP contribution >= 0.6 is 0 Å². The molecule has 1 fully saturated rings. The highest BCUT2D eigenvalue weighted by Gasteiger charge is 2.21. The summed E-state index contributed by atoms with van der Waals surface area (Å²) in [6.45, 7) is 0.729. The van der Waals surface area contributed by atoms with Crippen molar-refractivity contribution in [1.82, 2.24) is 0 Å². The maximum atomic E-state index is 9.33. The lowest BCUT2D eigenvalue weighted by molar-refractivity contribution is -0.0596. The van der Waals surface area contributed by atoms with Gasteiger partial charge in [0, 0.05) is 6.61 Å². The molecule has 2 atom stereocenters. The fraction of sp³-hybridized carbons (Fsp3) is 0.875. The minimum Gasteiger partial charge on any atom is -0.389 e. The van der Waals surface area contributed by atoms with Crippen LogP contribution in [-0.2, 0) is 4.74 Å². The van der Waals surface area contributed by atoms with Crippen molar-refractivity contribution < 1.29 is 9.84 Å². The van der Waals surface area contributed by atoms with Crippen LogP contribution in [0.4, 0.5) is 0 Å². The number of aliphatic hydroxyl groups excluding tert-OH is 1. The Labute approximate surface area is 66.6 Å². The molecule has 0 spiro atoms. The van der Waals surface area contributed by atoms with Crippen molar-refractivity contribution in [2.24, 2.45) is 0 Å². The highest BCUT2D eigenvalue weighted by molar-refractivity contribution is 4.81. The van der Waals surface area contributed by atoms with E-state index in [1.807, 2.05) is 6.07 Å². The highest BCUT2D eigenvalue weighted by Crippen LogP contribution is 2.16. The van der Waals surface area contributed by atoms with E-state index in [-0.39, 0.29) is 12.5 Å². The van der Waals surface area contributed by atoms with E-state index in [1.54, 1.807) is 0 Å². The minimum absolute atomic E-state index is 0.0941. The van der Waals surface area contributed by atoms with Crippen molar-refractivity contribution >= 4 is 0 Å². The van der Waals surface area contributed by atoms with Gasteiger partial charge in [-0.15, -0.1) is 0 Å². The molecular weight excluding hydrogens is 142 g/mol. The summed E-state index contributed by atoms with van der Waals surface area (Å²) in [6.07, 6.45) is 2.58. The molecule has 3 heteroatoms. The number of nitrogens with zero attached hydrogens (tertiary/aromatic N) is 1. The summed E-state index contributed by atoms with van der Waals surface area (Å²) >= 11 is 0. The summed E-state index contributed by atoms with van der Waals surface area (Å²) in [5.41, 5.74) is 0. The van der Waals surface area contributed by atoms with Gasteiger partial charge < -0.3 is 9.84 Å². The van der Waals surface area contributed by atoms with E-state index >= 15 is 0 Å². The number of hydrogen-bond acceptors (Lipinski definition) is 3. The second-order valence-electron chi connectivity index (χ2n) is 2.83. The fourth-order valence-electron chi connectivity index (χ4n) is 1.29. The lowest BCUT2D eigenvalue weighted by Gasteiger charge is -2.25. The van der Waals surface area contributed by atoms with Crippen LogP contribution < -0.4 is 0 Å². The van der Waals surface area contributed by atoms with Gasteiger partial charge in [-0.2, -0.15) is 5.26 Å². The van der Waals surface area contributed by atoms with Crippen LogP contribution in [0.5, 0.6) is 0 Å². The normalized spacial score (nSPS) is 27.5. The van der Waals surface area contributed by atoms with Crippen LogP contribution in [0.1, 0.15) is 25.7 Å². The lowest BCUT2D eigenvalue weighted by Crippen LogP contribution is -2.31. The number of nitriles is 1. The Morgan fingerprint density at radius 3 is 3.00 bits per heavy atom. The van der Waals surface area contributed by atoms with Crippen LogP contribution in [0.15, 0.2) is 0 Å². The number of hydrogen-bond donors (Lipinski definition) is 1. The average Bonchev–Trinajstić information content (AvgIpc) is 2.07. The van der Waals surface area contributed by atoms with Crippen molar-refractivity contribution in [2.45, 2.75) is 37.9 Å². The molecule has 0 aromatic heterocycles.